The predicted octanol–water partition coefficient (Wildman–Crippen LogP) is 3.03. The molecule has 2 N–H and O–H groups in total. The summed E-state index contributed by atoms with van der Waals surface area (Å²) < 4.78 is 0. The number of anilines is 1. The summed E-state index contributed by atoms with van der Waals surface area (Å²) >= 11 is 0. The number of hydrazone groups is 1. The molecule has 0 aliphatic rings. The zero-order chi connectivity index (χ0) is 16.8. The third-order valence-electron chi connectivity index (χ3n) is 3.26. The predicted molar refractivity (Wildman–Crippen MR) is 91.7 cm³/mol. The van der Waals surface area contributed by atoms with Gasteiger partial charge in [-0.15, -0.1) is 0 Å². The fraction of sp³-hybridized carbons (Fsp3) is 0.167. The maximum Gasteiger partial charge on any atom is 0.271 e. The van der Waals surface area contributed by atoms with Crippen molar-refractivity contribution in [3.05, 3.63) is 64.7 Å². The molecule has 0 fully saturated rings. The standard InChI is InChI=1S/C18H19N3O2/c1-12-4-5-16(13(2)10-12)11-19-21-18(23)15-6-8-17(9-7-15)20-14(3)22/h4-11H,1-3H3,(H,20,22)(H,21,23)/b19-11+. The second-order valence-corrected chi connectivity index (χ2v) is 5.32. The molecule has 0 aliphatic carbocycles. The number of amides is 2. The van der Waals surface area contributed by atoms with E-state index in [-0.39, 0.29) is 11.8 Å². The SMILES string of the molecule is CC(=O)Nc1ccc(C(=O)N/N=C/c2ccc(C)cc2C)cc1. The largest absolute Gasteiger partial charge is 0.326 e. The van der Waals surface area contributed by atoms with Crippen molar-refractivity contribution < 1.29 is 9.59 Å². The zero-order valence-corrected chi connectivity index (χ0v) is 13.4. The summed E-state index contributed by atoms with van der Waals surface area (Å²) in [6.07, 6.45) is 1.62. The van der Waals surface area contributed by atoms with E-state index in [1.807, 2.05) is 26.0 Å². The Kier molecular flexibility index (Phi) is 5.25. The van der Waals surface area contributed by atoms with Crippen molar-refractivity contribution in [3.8, 4) is 0 Å². The van der Waals surface area contributed by atoms with Gasteiger partial charge in [0, 0.05) is 18.2 Å². The lowest BCUT2D eigenvalue weighted by Gasteiger charge is -2.04. The van der Waals surface area contributed by atoms with Gasteiger partial charge in [0.1, 0.15) is 0 Å². The molecule has 0 atom stereocenters. The minimum absolute atomic E-state index is 0.153. The summed E-state index contributed by atoms with van der Waals surface area (Å²) in [6.45, 7) is 5.46. The van der Waals surface area contributed by atoms with E-state index in [0.717, 1.165) is 11.1 Å². The van der Waals surface area contributed by atoms with Gasteiger partial charge in [-0.05, 0) is 49.2 Å². The van der Waals surface area contributed by atoms with Crippen molar-refractivity contribution in [1.82, 2.24) is 5.43 Å². The van der Waals surface area contributed by atoms with Gasteiger partial charge in [0.15, 0.2) is 0 Å². The lowest BCUT2D eigenvalue weighted by Crippen LogP contribution is -2.17. The first-order valence-electron chi connectivity index (χ1n) is 7.24. The number of benzene rings is 2. The molecular formula is C18H19N3O2. The van der Waals surface area contributed by atoms with Gasteiger partial charge < -0.3 is 5.32 Å². The molecule has 2 aromatic carbocycles. The molecule has 0 aromatic heterocycles. The molecule has 2 aromatic rings. The number of hydrogen-bond donors (Lipinski definition) is 2. The van der Waals surface area contributed by atoms with Crippen LogP contribution in [0, 0.1) is 13.8 Å². The van der Waals surface area contributed by atoms with Gasteiger partial charge in [0.25, 0.3) is 5.91 Å². The summed E-state index contributed by atoms with van der Waals surface area (Å²) in [5, 5.41) is 6.63. The average Bonchev–Trinajstić information content (AvgIpc) is 2.49. The van der Waals surface area contributed by atoms with Gasteiger partial charge in [-0.1, -0.05) is 23.8 Å². The van der Waals surface area contributed by atoms with Gasteiger partial charge >= 0.3 is 0 Å². The number of nitrogens with zero attached hydrogens (tertiary/aromatic N) is 1. The average molecular weight is 309 g/mol. The number of carbonyl (C=O) groups is 2. The maximum atomic E-state index is 12.0. The van der Waals surface area contributed by atoms with E-state index in [4.69, 9.17) is 0 Å². The summed E-state index contributed by atoms with van der Waals surface area (Å²) in [4.78, 5) is 22.9. The van der Waals surface area contributed by atoms with Crippen LogP contribution in [-0.4, -0.2) is 18.0 Å². The van der Waals surface area contributed by atoms with Crippen LogP contribution in [0.1, 0.15) is 34.0 Å². The van der Waals surface area contributed by atoms with Crippen molar-refractivity contribution in [1.29, 1.82) is 0 Å². The highest BCUT2D eigenvalue weighted by molar-refractivity contribution is 5.96. The van der Waals surface area contributed by atoms with Crippen molar-refractivity contribution >= 4 is 23.7 Å². The molecule has 5 nitrogen and oxygen atoms in total. The van der Waals surface area contributed by atoms with Crippen molar-refractivity contribution in [3.63, 3.8) is 0 Å². The second-order valence-electron chi connectivity index (χ2n) is 5.32. The van der Waals surface area contributed by atoms with Crippen LogP contribution >= 0.6 is 0 Å². The van der Waals surface area contributed by atoms with Gasteiger partial charge in [-0.25, -0.2) is 5.43 Å². The molecule has 2 amide bonds. The molecule has 0 radical (unpaired) electrons. The minimum atomic E-state index is -0.305. The third-order valence-corrected chi connectivity index (χ3v) is 3.26. The Morgan fingerprint density at radius 3 is 2.35 bits per heavy atom. The van der Waals surface area contributed by atoms with Crippen LogP contribution in [0.25, 0.3) is 0 Å². The first-order chi connectivity index (χ1) is 11.0. The molecule has 0 saturated carbocycles. The van der Waals surface area contributed by atoms with Crippen LogP contribution in [0.5, 0.6) is 0 Å². The van der Waals surface area contributed by atoms with E-state index in [9.17, 15) is 9.59 Å². The Balaban J connectivity index is 1.98. The monoisotopic (exact) mass is 309 g/mol. The zero-order valence-electron chi connectivity index (χ0n) is 13.4. The fourth-order valence-electron chi connectivity index (χ4n) is 2.10. The summed E-state index contributed by atoms with van der Waals surface area (Å²) in [7, 11) is 0. The maximum absolute atomic E-state index is 12.0. The lowest BCUT2D eigenvalue weighted by molar-refractivity contribution is -0.114. The number of nitrogens with one attached hydrogen (secondary N) is 2. The summed E-state index contributed by atoms with van der Waals surface area (Å²) in [5.41, 5.74) is 6.85. The molecule has 0 bridgehead atoms. The van der Waals surface area contributed by atoms with Gasteiger partial charge in [-0.3, -0.25) is 9.59 Å². The molecular weight excluding hydrogens is 290 g/mol. The van der Waals surface area contributed by atoms with Crippen LogP contribution in [0.2, 0.25) is 0 Å². The Labute approximate surface area is 135 Å². The minimum Gasteiger partial charge on any atom is -0.326 e. The quantitative estimate of drug-likeness (QED) is 0.673. The van der Waals surface area contributed by atoms with Crippen LogP contribution in [0.3, 0.4) is 0 Å². The highest BCUT2D eigenvalue weighted by Crippen LogP contribution is 2.10. The Morgan fingerprint density at radius 1 is 1.04 bits per heavy atom. The molecule has 23 heavy (non-hydrogen) atoms. The van der Waals surface area contributed by atoms with Crippen molar-refractivity contribution in [2.45, 2.75) is 20.8 Å². The number of carbonyl (C=O) groups excluding carboxylic acids is 2. The molecule has 0 aliphatic heterocycles. The summed E-state index contributed by atoms with van der Waals surface area (Å²) in [6, 6.07) is 12.6. The molecule has 5 heteroatoms. The number of aryl methyl sites for hydroxylation is 2. The number of rotatable bonds is 4. The smallest absolute Gasteiger partial charge is 0.271 e. The highest BCUT2D eigenvalue weighted by atomic mass is 16.2. The van der Waals surface area contributed by atoms with Crippen LogP contribution in [0.15, 0.2) is 47.6 Å². The Bertz CT molecular complexity index is 749. The van der Waals surface area contributed by atoms with Crippen molar-refractivity contribution in [2.75, 3.05) is 5.32 Å². The molecule has 2 rings (SSSR count). The molecule has 0 spiro atoms. The van der Waals surface area contributed by atoms with E-state index < -0.39 is 0 Å². The van der Waals surface area contributed by atoms with Crippen LogP contribution in [-0.2, 0) is 4.79 Å². The lowest BCUT2D eigenvalue weighted by atomic mass is 10.1. The van der Waals surface area contributed by atoms with E-state index >= 15 is 0 Å². The van der Waals surface area contributed by atoms with Crippen molar-refractivity contribution in [2.24, 2.45) is 5.10 Å². The number of hydrogen-bond acceptors (Lipinski definition) is 3. The van der Waals surface area contributed by atoms with E-state index in [2.05, 4.69) is 21.9 Å². The summed E-state index contributed by atoms with van der Waals surface area (Å²) in [5.74, 6) is -0.458. The van der Waals surface area contributed by atoms with E-state index in [1.165, 1.54) is 12.5 Å². The molecule has 0 saturated heterocycles. The van der Waals surface area contributed by atoms with Gasteiger partial charge in [0.2, 0.25) is 5.91 Å². The highest BCUT2D eigenvalue weighted by Gasteiger charge is 2.04. The third kappa shape index (κ3) is 4.78. The normalized spacial score (nSPS) is 10.6. The first-order valence-corrected chi connectivity index (χ1v) is 7.24. The van der Waals surface area contributed by atoms with Gasteiger partial charge in [0.05, 0.1) is 6.21 Å². The molecule has 0 heterocycles. The second kappa shape index (κ2) is 7.35. The van der Waals surface area contributed by atoms with Gasteiger partial charge in [-0.2, -0.15) is 5.10 Å². The topological polar surface area (TPSA) is 70.6 Å². The van der Waals surface area contributed by atoms with E-state index in [1.54, 1.807) is 30.5 Å². The molecule has 0 unspecified atom stereocenters. The fourth-order valence-corrected chi connectivity index (χ4v) is 2.10. The Morgan fingerprint density at radius 2 is 1.74 bits per heavy atom. The Hall–Kier alpha value is -2.95. The van der Waals surface area contributed by atoms with E-state index in [0.29, 0.717) is 11.3 Å². The van der Waals surface area contributed by atoms with Crippen LogP contribution in [0.4, 0.5) is 5.69 Å². The first kappa shape index (κ1) is 16.4. The van der Waals surface area contributed by atoms with Crippen LogP contribution < -0.4 is 10.7 Å². The molecule has 118 valence electrons.